The zero-order chi connectivity index (χ0) is 16.4. The summed E-state index contributed by atoms with van der Waals surface area (Å²) in [5.74, 6) is 0.161. The molecule has 0 aliphatic heterocycles. The van der Waals surface area contributed by atoms with Gasteiger partial charge in [0.1, 0.15) is 11.3 Å². The summed E-state index contributed by atoms with van der Waals surface area (Å²) in [5.41, 5.74) is 5.91. The quantitative estimate of drug-likeness (QED) is 0.444. The molecule has 2 aromatic heterocycles. The van der Waals surface area contributed by atoms with Gasteiger partial charge in [-0.05, 0) is 24.3 Å². The maximum absolute atomic E-state index is 9.89. The molecule has 0 bridgehead atoms. The number of pyridine rings is 2. The molecule has 4 rings (SSSR count). The number of phenolic OH excluding ortho intramolecular Hbond substituents is 1. The molecule has 0 aliphatic carbocycles. The summed E-state index contributed by atoms with van der Waals surface area (Å²) >= 11 is 0. The fourth-order valence-corrected chi connectivity index (χ4v) is 2.58. The van der Waals surface area contributed by atoms with Crippen LogP contribution in [-0.4, -0.2) is 21.3 Å². The standard InChI is InChI=1S/C19H14N4O/c24-17-8-2-5-14-9-10-15(22-19(14)17)12-21-23-16-7-1-4-13-6-3-11-20-18(13)16/h1-12,23-24H/b21-12+. The molecule has 0 atom stereocenters. The summed E-state index contributed by atoms with van der Waals surface area (Å²) in [7, 11) is 0. The Hall–Kier alpha value is -3.47. The number of para-hydroxylation sites is 2. The molecule has 0 radical (unpaired) electrons. The number of anilines is 1. The Labute approximate surface area is 138 Å². The molecule has 5 heteroatoms. The van der Waals surface area contributed by atoms with Crippen LogP contribution in [-0.2, 0) is 0 Å². The lowest BCUT2D eigenvalue weighted by Crippen LogP contribution is -1.95. The third-order valence-corrected chi connectivity index (χ3v) is 3.74. The molecule has 0 aliphatic rings. The van der Waals surface area contributed by atoms with Gasteiger partial charge in [0, 0.05) is 17.0 Å². The van der Waals surface area contributed by atoms with Crippen molar-refractivity contribution in [3.8, 4) is 5.75 Å². The number of benzene rings is 2. The van der Waals surface area contributed by atoms with E-state index in [0.717, 1.165) is 22.0 Å². The first-order chi connectivity index (χ1) is 11.8. The van der Waals surface area contributed by atoms with Crippen molar-refractivity contribution < 1.29 is 5.11 Å². The molecular formula is C19H14N4O. The summed E-state index contributed by atoms with van der Waals surface area (Å²) in [6, 6.07) is 18.9. The van der Waals surface area contributed by atoms with Crippen molar-refractivity contribution in [1.82, 2.24) is 9.97 Å². The van der Waals surface area contributed by atoms with Gasteiger partial charge in [-0.3, -0.25) is 10.4 Å². The van der Waals surface area contributed by atoms with Crippen LogP contribution in [0.2, 0.25) is 0 Å². The number of aromatic nitrogens is 2. The van der Waals surface area contributed by atoms with Crippen LogP contribution in [0.1, 0.15) is 5.69 Å². The van der Waals surface area contributed by atoms with Crippen LogP contribution >= 0.6 is 0 Å². The van der Waals surface area contributed by atoms with Crippen molar-refractivity contribution in [1.29, 1.82) is 0 Å². The van der Waals surface area contributed by atoms with Gasteiger partial charge in [-0.15, -0.1) is 0 Å². The van der Waals surface area contributed by atoms with Crippen LogP contribution in [0, 0.1) is 0 Å². The fraction of sp³-hybridized carbons (Fsp3) is 0. The second-order valence-electron chi connectivity index (χ2n) is 5.34. The van der Waals surface area contributed by atoms with E-state index in [0.29, 0.717) is 11.2 Å². The Balaban J connectivity index is 1.62. The number of hydrogen-bond acceptors (Lipinski definition) is 5. The number of phenols is 1. The van der Waals surface area contributed by atoms with Crippen LogP contribution < -0.4 is 5.43 Å². The molecule has 4 aromatic rings. The molecule has 0 saturated carbocycles. The molecule has 24 heavy (non-hydrogen) atoms. The van der Waals surface area contributed by atoms with Gasteiger partial charge >= 0.3 is 0 Å². The van der Waals surface area contributed by atoms with Crippen molar-refractivity contribution in [2.45, 2.75) is 0 Å². The Morgan fingerprint density at radius 2 is 1.67 bits per heavy atom. The zero-order valence-electron chi connectivity index (χ0n) is 12.7. The van der Waals surface area contributed by atoms with E-state index in [-0.39, 0.29) is 5.75 Å². The summed E-state index contributed by atoms with van der Waals surface area (Å²) in [4.78, 5) is 8.79. The molecular weight excluding hydrogens is 300 g/mol. The number of nitrogens with one attached hydrogen (secondary N) is 1. The molecule has 0 amide bonds. The smallest absolute Gasteiger partial charge is 0.141 e. The molecule has 0 spiro atoms. The Kier molecular flexibility index (Phi) is 3.51. The maximum Gasteiger partial charge on any atom is 0.141 e. The van der Waals surface area contributed by atoms with E-state index in [1.807, 2.05) is 48.5 Å². The fourth-order valence-electron chi connectivity index (χ4n) is 2.58. The van der Waals surface area contributed by atoms with Gasteiger partial charge in [0.15, 0.2) is 0 Å². The average Bonchev–Trinajstić information content (AvgIpc) is 2.63. The van der Waals surface area contributed by atoms with Gasteiger partial charge < -0.3 is 5.11 Å². The van der Waals surface area contributed by atoms with E-state index in [1.54, 1.807) is 24.5 Å². The highest BCUT2D eigenvalue weighted by Gasteiger charge is 2.02. The first kappa shape index (κ1) is 14.1. The van der Waals surface area contributed by atoms with Gasteiger partial charge in [0.05, 0.1) is 23.1 Å². The Morgan fingerprint density at radius 1 is 0.875 bits per heavy atom. The number of aromatic hydroxyl groups is 1. The highest BCUT2D eigenvalue weighted by molar-refractivity contribution is 5.91. The summed E-state index contributed by atoms with van der Waals surface area (Å²) in [5, 5.41) is 16.1. The van der Waals surface area contributed by atoms with Crippen molar-refractivity contribution in [2.24, 2.45) is 5.10 Å². The van der Waals surface area contributed by atoms with E-state index in [4.69, 9.17) is 0 Å². The van der Waals surface area contributed by atoms with Gasteiger partial charge in [0.25, 0.3) is 0 Å². The first-order valence-corrected chi connectivity index (χ1v) is 7.53. The first-order valence-electron chi connectivity index (χ1n) is 7.53. The monoisotopic (exact) mass is 314 g/mol. The molecule has 116 valence electrons. The van der Waals surface area contributed by atoms with Crippen molar-refractivity contribution in [3.63, 3.8) is 0 Å². The summed E-state index contributed by atoms with van der Waals surface area (Å²) < 4.78 is 0. The lowest BCUT2D eigenvalue weighted by Gasteiger charge is -2.04. The number of rotatable bonds is 3. The number of hydrazone groups is 1. The van der Waals surface area contributed by atoms with Crippen LogP contribution in [0.5, 0.6) is 5.75 Å². The summed E-state index contributed by atoms with van der Waals surface area (Å²) in [6.45, 7) is 0. The van der Waals surface area contributed by atoms with Crippen LogP contribution in [0.15, 0.2) is 72.0 Å². The molecule has 2 heterocycles. The lowest BCUT2D eigenvalue weighted by molar-refractivity contribution is 0.480. The minimum Gasteiger partial charge on any atom is -0.506 e. The van der Waals surface area contributed by atoms with E-state index >= 15 is 0 Å². The zero-order valence-corrected chi connectivity index (χ0v) is 12.7. The van der Waals surface area contributed by atoms with Crippen molar-refractivity contribution >= 4 is 33.7 Å². The molecule has 0 saturated heterocycles. The van der Waals surface area contributed by atoms with Gasteiger partial charge in [-0.2, -0.15) is 5.10 Å². The van der Waals surface area contributed by atoms with Crippen molar-refractivity contribution in [2.75, 3.05) is 5.43 Å². The number of hydrogen-bond donors (Lipinski definition) is 2. The van der Waals surface area contributed by atoms with Gasteiger partial charge in [-0.1, -0.05) is 36.4 Å². The van der Waals surface area contributed by atoms with Crippen LogP contribution in [0.25, 0.3) is 21.8 Å². The Morgan fingerprint density at radius 3 is 2.58 bits per heavy atom. The average molecular weight is 314 g/mol. The predicted octanol–water partition coefficient (Wildman–Crippen LogP) is 3.93. The predicted molar refractivity (Wildman–Crippen MR) is 96.4 cm³/mol. The van der Waals surface area contributed by atoms with E-state index in [2.05, 4.69) is 20.5 Å². The summed E-state index contributed by atoms with van der Waals surface area (Å²) in [6.07, 6.45) is 3.37. The number of fused-ring (bicyclic) bond motifs is 2. The van der Waals surface area contributed by atoms with Gasteiger partial charge in [0.2, 0.25) is 0 Å². The van der Waals surface area contributed by atoms with E-state index < -0.39 is 0 Å². The minimum atomic E-state index is 0.161. The maximum atomic E-state index is 9.89. The molecule has 0 fully saturated rings. The van der Waals surface area contributed by atoms with Crippen LogP contribution in [0.3, 0.4) is 0 Å². The van der Waals surface area contributed by atoms with Crippen LogP contribution in [0.4, 0.5) is 5.69 Å². The van der Waals surface area contributed by atoms with E-state index in [9.17, 15) is 5.11 Å². The lowest BCUT2D eigenvalue weighted by atomic mass is 10.2. The molecule has 0 unspecified atom stereocenters. The normalized spacial score (nSPS) is 11.3. The minimum absolute atomic E-state index is 0.161. The highest BCUT2D eigenvalue weighted by atomic mass is 16.3. The second-order valence-corrected chi connectivity index (χ2v) is 5.34. The topological polar surface area (TPSA) is 70.4 Å². The molecule has 5 nitrogen and oxygen atoms in total. The largest absolute Gasteiger partial charge is 0.506 e. The molecule has 2 aromatic carbocycles. The SMILES string of the molecule is Oc1cccc2ccc(/C=N/Nc3cccc4cccnc34)nc12. The third-order valence-electron chi connectivity index (χ3n) is 3.74. The van der Waals surface area contributed by atoms with Gasteiger partial charge in [-0.25, -0.2) is 4.98 Å². The molecule has 2 N–H and O–H groups in total. The third kappa shape index (κ3) is 2.63. The van der Waals surface area contributed by atoms with E-state index in [1.165, 1.54) is 0 Å². The number of nitrogens with zero attached hydrogens (tertiary/aromatic N) is 3. The Bertz CT molecular complexity index is 1050. The second kappa shape index (κ2) is 5.96. The van der Waals surface area contributed by atoms with Crippen molar-refractivity contribution in [3.05, 3.63) is 72.6 Å². The highest BCUT2D eigenvalue weighted by Crippen LogP contribution is 2.22.